The van der Waals surface area contributed by atoms with Gasteiger partial charge in [0.1, 0.15) is 0 Å². The summed E-state index contributed by atoms with van der Waals surface area (Å²) in [5, 5.41) is 8.53. The van der Waals surface area contributed by atoms with Gasteiger partial charge in [0.25, 0.3) is 0 Å². The molecule has 0 bridgehead atoms. The molecule has 3 heteroatoms. The van der Waals surface area contributed by atoms with Crippen LogP contribution in [0.15, 0.2) is 30.3 Å². The molecule has 0 amide bonds. The molecule has 2 nitrogen and oxygen atoms in total. The Kier molecular flexibility index (Phi) is 7.54. The standard InChI is InChI=1S/C9H12O.FH2N/c10-8-4-7-9-5-2-1-3-6-9;1-2/h1-3,5-6,10H,4,7-8H2;2H2. The highest BCUT2D eigenvalue weighted by Gasteiger charge is 1.87. The zero-order chi connectivity index (χ0) is 9.23. The van der Waals surface area contributed by atoms with E-state index in [1.54, 1.807) is 0 Å². The molecule has 0 aromatic heterocycles. The van der Waals surface area contributed by atoms with Crippen molar-refractivity contribution in [2.45, 2.75) is 12.8 Å². The lowest BCUT2D eigenvalue weighted by Crippen LogP contribution is -1.87. The molecule has 0 aliphatic rings. The molecule has 0 unspecified atom stereocenters. The number of aliphatic hydroxyl groups excluding tert-OH is 1. The molecule has 0 saturated heterocycles. The van der Waals surface area contributed by atoms with Crippen LogP contribution in [0.4, 0.5) is 4.48 Å². The molecule has 0 fully saturated rings. The van der Waals surface area contributed by atoms with Gasteiger partial charge in [-0.25, -0.2) is 0 Å². The summed E-state index contributed by atoms with van der Waals surface area (Å²) in [5.74, 6) is 3.00. The zero-order valence-electron chi connectivity index (χ0n) is 6.91. The normalized spacial score (nSPS) is 8.58. The predicted octanol–water partition coefficient (Wildman–Crippen LogP) is 1.44. The number of benzene rings is 1. The molecule has 1 aromatic carbocycles. The fourth-order valence-electron chi connectivity index (χ4n) is 0.928. The van der Waals surface area contributed by atoms with Crippen LogP contribution in [0.2, 0.25) is 0 Å². The molecule has 0 aliphatic heterocycles. The highest BCUT2D eigenvalue weighted by molar-refractivity contribution is 5.14. The van der Waals surface area contributed by atoms with E-state index in [4.69, 9.17) is 9.59 Å². The number of hydrogen-bond acceptors (Lipinski definition) is 2. The molecule has 1 aromatic rings. The van der Waals surface area contributed by atoms with Crippen LogP contribution in [0, 0.1) is 0 Å². The molecular weight excluding hydrogens is 157 g/mol. The van der Waals surface area contributed by atoms with Crippen LogP contribution in [0.25, 0.3) is 0 Å². The maximum absolute atomic E-state index is 9.00. The second kappa shape index (κ2) is 8.17. The summed E-state index contributed by atoms with van der Waals surface area (Å²) in [4.78, 5) is 0. The summed E-state index contributed by atoms with van der Waals surface area (Å²) in [6.45, 7) is 0.287. The highest BCUT2D eigenvalue weighted by Crippen LogP contribution is 2.00. The smallest absolute Gasteiger partial charge is 0.0434 e. The van der Waals surface area contributed by atoms with Gasteiger partial charge in [0.15, 0.2) is 0 Å². The maximum atomic E-state index is 9.00. The van der Waals surface area contributed by atoms with E-state index in [9.17, 15) is 0 Å². The Morgan fingerprint density at radius 2 is 1.75 bits per heavy atom. The first-order valence-corrected chi connectivity index (χ1v) is 3.80. The molecule has 12 heavy (non-hydrogen) atoms. The SMILES string of the molecule is NF.OCCCc1ccccc1. The Morgan fingerprint density at radius 1 is 1.17 bits per heavy atom. The molecule has 0 spiro atoms. The fourth-order valence-corrected chi connectivity index (χ4v) is 0.928. The lowest BCUT2D eigenvalue weighted by Gasteiger charge is -1.96. The van der Waals surface area contributed by atoms with E-state index in [1.807, 2.05) is 18.2 Å². The monoisotopic (exact) mass is 171 g/mol. The lowest BCUT2D eigenvalue weighted by atomic mass is 10.1. The van der Waals surface area contributed by atoms with Gasteiger partial charge < -0.3 is 5.11 Å². The van der Waals surface area contributed by atoms with Crippen LogP contribution in [0.3, 0.4) is 0 Å². The number of aliphatic hydroxyl groups is 1. The Bertz CT molecular complexity index is 179. The van der Waals surface area contributed by atoms with Gasteiger partial charge in [0, 0.05) is 6.61 Å². The van der Waals surface area contributed by atoms with Crippen LogP contribution < -0.4 is 5.96 Å². The van der Waals surface area contributed by atoms with Crippen molar-refractivity contribution in [3.63, 3.8) is 0 Å². The van der Waals surface area contributed by atoms with Gasteiger partial charge in [-0.1, -0.05) is 30.3 Å². The molecule has 1 rings (SSSR count). The van der Waals surface area contributed by atoms with Gasteiger partial charge in [0.05, 0.1) is 0 Å². The summed E-state index contributed by atoms with van der Waals surface area (Å²) in [7, 11) is 0. The number of aryl methyl sites for hydroxylation is 1. The number of halogens is 1. The van der Waals surface area contributed by atoms with Crippen molar-refractivity contribution in [1.82, 2.24) is 0 Å². The summed E-state index contributed by atoms with van der Waals surface area (Å²) in [5.41, 5.74) is 1.30. The second-order valence-electron chi connectivity index (χ2n) is 2.31. The van der Waals surface area contributed by atoms with Gasteiger partial charge in [-0.3, -0.25) is 0 Å². The van der Waals surface area contributed by atoms with Crippen LogP contribution in [0.1, 0.15) is 12.0 Å². The van der Waals surface area contributed by atoms with E-state index < -0.39 is 0 Å². The summed E-state index contributed by atoms with van der Waals surface area (Å²) >= 11 is 0. The molecule has 0 radical (unpaired) electrons. The van der Waals surface area contributed by atoms with Crippen LogP contribution in [-0.4, -0.2) is 11.7 Å². The summed E-state index contributed by atoms with van der Waals surface area (Å²) in [6.07, 6.45) is 1.85. The Morgan fingerprint density at radius 3 is 2.25 bits per heavy atom. The van der Waals surface area contributed by atoms with E-state index in [0.29, 0.717) is 0 Å². The molecule has 0 aliphatic carbocycles. The van der Waals surface area contributed by atoms with Crippen molar-refractivity contribution in [1.29, 1.82) is 0 Å². The number of nitrogens with two attached hydrogens (primary N) is 1. The molecule has 0 saturated carbocycles. The van der Waals surface area contributed by atoms with Crippen molar-refractivity contribution in [2.24, 2.45) is 5.96 Å². The average molecular weight is 171 g/mol. The summed E-state index contributed by atoms with van der Waals surface area (Å²) < 4.78 is 9.00. The zero-order valence-corrected chi connectivity index (χ0v) is 6.91. The highest BCUT2D eigenvalue weighted by atomic mass is 19.2. The van der Waals surface area contributed by atoms with Crippen molar-refractivity contribution < 1.29 is 9.59 Å². The Hall–Kier alpha value is -0.930. The van der Waals surface area contributed by atoms with E-state index in [-0.39, 0.29) is 6.61 Å². The van der Waals surface area contributed by atoms with E-state index in [1.165, 1.54) is 5.56 Å². The minimum Gasteiger partial charge on any atom is -0.396 e. The fraction of sp³-hybridized carbons (Fsp3) is 0.333. The van der Waals surface area contributed by atoms with Gasteiger partial charge in [-0.15, -0.1) is 4.48 Å². The largest absolute Gasteiger partial charge is 0.396 e. The summed E-state index contributed by atoms with van der Waals surface area (Å²) in [6, 6.07) is 10.2. The third kappa shape index (κ3) is 4.82. The third-order valence-electron chi connectivity index (χ3n) is 1.47. The van der Waals surface area contributed by atoms with Gasteiger partial charge in [-0.05, 0) is 18.4 Å². The third-order valence-corrected chi connectivity index (χ3v) is 1.47. The Labute approximate surface area is 71.8 Å². The lowest BCUT2D eigenvalue weighted by molar-refractivity contribution is 0.288. The van der Waals surface area contributed by atoms with E-state index in [2.05, 4.69) is 18.1 Å². The van der Waals surface area contributed by atoms with E-state index >= 15 is 0 Å². The van der Waals surface area contributed by atoms with Crippen molar-refractivity contribution in [2.75, 3.05) is 6.61 Å². The minimum atomic E-state index is 0.287. The first-order chi connectivity index (χ1) is 5.93. The topological polar surface area (TPSA) is 46.2 Å². The maximum Gasteiger partial charge on any atom is 0.0434 e. The molecule has 0 heterocycles. The van der Waals surface area contributed by atoms with Gasteiger partial charge in [0.2, 0.25) is 0 Å². The van der Waals surface area contributed by atoms with Crippen LogP contribution in [0.5, 0.6) is 0 Å². The molecule has 68 valence electrons. The first kappa shape index (κ1) is 11.1. The minimum absolute atomic E-state index is 0.287. The second-order valence-corrected chi connectivity index (χ2v) is 2.31. The quantitative estimate of drug-likeness (QED) is 0.676. The van der Waals surface area contributed by atoms with Crippen molar-refractivity contribution >= 4 is 0 Å². The average Bonchev–Trinajstić information content (AvgIpc) is 2.19. The van der Waals surface area contributed by atoms with Gasteiger partial charge in [-0.2, -0.15) is 5.96 Å². The molecule has 3 N–H and O–H groups in total. The Balaban J connectivity index is 0.000000561. The van der Waals surface area contributed by atoms with Crippen LogP contribution >= 0.6 is 0 Å². The van der Waals surface area contributed by atoms with Crippen LogP contribution in [-0.2, 0) is 6.42 Å². The van der Waals surface area contributed by atoms with Gasteiger partial charge >= 0.3 is 0 Å². The van der Waals surface area contributed by atoms with Crippen molar-refractivity contribution in [3.05, 3.63) is 35.9 Å². The molecular formula is C9H14FNO. The predicted molar refractivity (Wildman–Crippen MR) is 47.1 cm³/mol. The number of rotatable bonds is 3. The molecule has 0 atom stereocenters. The van der Waals surface area contributed by atoms with Crippen molar-refractivity contribution in [3.8, 4) is 0 Å². The first-order valence-electron chi connectivity index (χ1n) is 3.80. The van der Waals surface area contributed by atoms with E-state index in [0.717, 1.165) is 12.8 Å². The number of hydrogen-bond donors (Lipinski definition) is 2.